The summed E-state index contributed by atoms with van der Waals surface area (Å²) in [5.74, 6) is 0. The molecule has 0 bridgehead atoms. The summed E-state index contributed by atoms with van der Waals surface area (Å²) in [4.78, 5) is 7.40. The lowest BCUT2D eigenvalue weighted by Crippen LogP contribution is -2.48. The van der Waals surface area contributed by atoms with Gasteiger partial charge >= 0.3 is 0 Å². The molecule has 0 amide bonds. The van der Waals surface area contributed by atoms with E-state index in [9.17, 15) is 0 Å². The first-order chi connectivity index (χ1) is 10.1. The van der Waals surface area contributed by atoms with E-state index in [4.69, 9.17) is 0 Å². The van der Waals surface area contributed by atoms with Crippen LogP contribution in [0.5, 0.6) is 0 Å². The third-order valence-corrected chi connectivity index (χ3v) is 4.22. The summed E-state index contributed by atoms with van der Waals surface area (Å²) in [5, 5.41) is 3.55. The Bertz CT molecular complexity index is 411. The van der Waals surface area contributed by atoms with Crippen LogP contribution in [0.1, 0.15) is 5.56 Å². The molecule has 0 saturated carbocycles. The molecule has 1 aliphatic heterocycles. The molecule has 0 aliphatic carbocycles. The monoisotopic (exact) mass is 290 g/mol. The highest BCUT2D eigenvalue weighted by atomic mass is 15.3. The number of likely N-dealkylation sites (N-methyl/N-ethyl adjacent to an activating group) is 1. The van der Waals surface area contributed by atoms with Gasteiger partial charge in [0.15, 0.2) is 0 Å². The summed E-state index contributed by atoms with van der Waals surface area (Å²) in [6, 6.07) is 8.51. The van der Waals surface area contributed by atoms with E-state index < -0.39 is 0 Å². The Balaban J connectivity index is 1.62. The van der Waals surface area contributed by atoms with E-state index in [0.29, 0.717) is 0 Å². The molecule has 0 unspecified atom stereocenters. The van der Waals surface area contributed by atoms with E-state index >= 15 is 0 Å². The number of nitrogens with one attached hydrogen (secondary N) is 1. The van der Waals surface area contributed by atoms with E-state index in [2.05, 4.69) is 65.3 Å². The van der Waals surface area contributed by atoms with Gasteiger partial charge < -0.3 is 10.2 Å². The average molecular weight is 290 g/mol. The minimum atomic E-state index is 1.03. The van der Waals surface area contributed by atoms with Gasteiger partial charge in [-0.05, 0) is 32.6 Å². The van der Waals surface area contributed by atoms with Crippen LogP contribution in [0.2, 0.25) is 0 Å². The van der Waals surface area contributed by atoms with E-state index in [-0.39, 0.29) is 0 Å². The molecule has 1 aromatic rings. The van der Waals surface area contributed by atoms with Crippen molar-refractivity contribution >= 4 is 5.69 Å². The second kappa shape index (κ2) is 8.37. The predicted molar refractivity (Wildman–Crippen MR) is 91.1 cm³/mol. The predicted octanol–water partition coefficient (Wildman–Crippen LogP) is 1.59. The van der Waals surface area contributed by atoms with Crippen LogP contribution in [0, 0.1) is 6.92 Å². The van der Waals surface area contributed by atoms with Gasteiger partial charge in [0, 0.05) is 58.0 Å². The maximum absolute atomic E-state index is 3.55. The summed E-state index contributed by atoms with van der Waals surface area (Å²) in [6.45, 7) is 11.5. The van der Waals surface area contributed by atoms with Crippen molar-refractivity contribution in [2.75, 3.05) is 71.8 Å². The minimum absolute atomic E-state index is 1.03. The molecule has 4 heteroatoms. The largest absolute Gasteiger partial charge is 0.384 e. The first-order valence-electron chi connectivity index (χ1n) is 8.04. The van der Waals surface area contributed by atoms with Gasteiger partial charge in [-0.1, -0.05) is 18.2 Å². The van der Waals surface area contributed by atoms with Crippen LogP contribution >= 0.6 is 0 Å². The lowest BCUT2D eigenvalue weighted by atomic mass is 10.2. The average Bonchev–Trinajstić information content (AvgIpc) is 2.48. The number of piperazine rings is 1. The zero-order valence-electron chi connectivity index (χ0n) is 13.8. The van der Waals surface area contributed by atoms with E-state index in [1.165, 1.54) is 44.0 Å². The lowest BCUT2D eigenvalue weighted by molar-refractivity contribution is 0.128. The lowest BCUT2D eigenvalue weighted by Gasteiger charge is -2.35. The third-order valence-electron chi connectivity index (χ3n) is 4.22. The van der Waals surface area contributed by atoms with Crippen molar-refractivity contribution in [1.82, 2.24) is 14.7 Å². The van der Waals surface area contributed by atoms with E-state index in [1.807, 2.05) is 0 Å². The Kier molecular flexibility index (Phi) is 6.49. The van der Waals surface area contributed by atoms with Crippen LogP contribution in [0.4, 0.5) is 5.69 Å². The molecule has 0 spiro atoms. The molecule has 1 aliphatic rings. The highest BCUT2D eigenvalue weighted by molar-refractivity contribution is 5.50. The van der Waals surface area contributed by atoms with Gasteiger partial charge in [0.2, 0.25) is 0 Å². The molecule has 1 N–H and O–H groups in total. The standard InChI is InChI=1S/C17H30N4/c1-16-6-4-5-7-17(16)18-8-9-20-12-14-21(15-13-20)11-10-19(2)3/h4-7,18H,8-15H2,1-3H3. The number of hydrogen-bond acceptors (Lipinski definition) is 4. The van der Waals surface area contributed by atoms with Crippen molar-refractivity contribution < 1.29 is 0 Å². The smallest absolute Gasteiger partial charge is 0.0370 e. The zero-order valence-corrected chi connectivity index (χ0v) is 13.8. The highest BCUT2D eigenvalue weighted by Gasteiger charge is 2.16. The van der Waals surface area contributed by atoms with Gasteiger partial charge in [-0.25, -0.2) is 0 Å². The zero-order chi connectivity index (χ0) is 15.1. The van der Waals surface area contributed by atoms with Crippen molar-refractivity contribution in [2.45, 2.75) is 6.92 Å². The normalized spacial score (nSPS) is 17.3. The fourth-order valence-corrected chi connectivity index (χ4v) is 2.70. The number of rotatable bonds is 7. The number of hydrogen-bond donors (Lipinski definition) is 1. The van der Waals surface area contributed by atoms with Crippen molar-refractivity contribution in [2.24, 2.45) is 0 Å². The minimum Gasteiger partial charge on any atom is -0.384 e. The van der Waals surface area contributed by atoms with Crippen molar-refractivity contribution in [3.8, 4) is 0 Å². The van der Waals surface area contributed by atoms with Crippen molar-refractivity contribution in [3.63, 3.8) is 0 Å². The van der Waals surface area contributed by atoms with Gasteiger partial charge in [-0.15, -0.1) is 0 Å². The molecule has 0 atom stereocenters. The van der Waals surface area contributed by atoms with Crippen LogP contribution in [0.3, 0.4) is 0 Å². The van der Waals surface area contributed by atoms with Crippen LogP contribution in [0.15, 0.2) is 24.3 Å². The quantitative estimate of drug-likeness (QED) is 0.823. The number of para-hydroxylation sites is 1. The van der Waals surface area contributed by atoms with Crippen LogP contribution < -0.4 is 5.32 Å². The Hall–Kier alpha value is -1.10. The summed E-state index contributed by atoms with van der Waals surface area (Å²) in [5.41, 5.74) is 2.59. The summed E-state index contributed by atoms with van der Waals surface area (Å²) < 4.78 is 0. The first kappa shape index (κ1) is 16.3. The molecule has 1 saturated heterocycles. The first-order valence-corrected chi connectivity index (χ1v) is 8.04. The second-order valence-electron chi connectivity index (χ2n) is 6.23. The van der Waals surface area contributed by atoms with Crippen molar-refractivity contribution in [3.05, 3.63) is 29.8 Å². The Morgan fingerprint density at radius 3 is 2.24 bits per heavy atom. The van der Waals surface area contributed by atoms with Gasteiger partial charge in [0.1, 0.15) is 0 Å². The Labute approximate surface area is 129 Å². The van der Waals surface area contributed by atoms with Gasteiger partial charge in [-0.2, -0.15) is 0 Å². The SMILES string of the molecule is Cc1ccccc1NCCN1CCN(CCN(C)C)CC1. The van der Waals surface area contributed by atoms with Gasteiger partial charge in [-0.3, -0.25) is 9.80 Å². The number of anilines is 1. The Morgan fingerprint density at radius 2 is 1.62 bits per heavy atom. The molecule has 0 aromatic heterocycles. The third kappa shape index (κ3) is 5.65. The maximum atomic E-state index is 3.55. The van der Waals surface area contributed by atoms with Gasteiger partial charge in [0.05, 0.1) is 0 Å². The van der Waals surface area contributed by atoms with Crippen LogP contribution in [-0.4, -0.2) is 81.2 Å². The topological polar surface area (TPSA) is 21.8 Å². The summed E-state index contributed by atoms with van der Waals surface area (Å²) in [7, 11) is 4.29. The van der Waals surface area contributed by atoms with Crippen molar-refractivity contribution in [1.29, 1.82) is 0 Å². The molecule has 21 heavy (non-hydrogen) atoms. The van der Waals surface area contributed by atoms with E-state index in [1.54, 1.807) is 0 Å². The van der Waals surface area contributed by atoms with Crippen LogP contribution in [0.25, 0.3) is 0 Å². The number of aryl methyl sites for hydroxylation is 1. The summed E-state index contributed by atoms with van der Waals surface area (Å²) in [6.07, 6.45) is 0. The Morgan fingerprint density at radius 1 is 1.00 bits per heavy atom. The number of benzene rings is 1. The van der Waals surface area contributed by atoms with Gasteiger partial charge in [0.25, 0.3) is 0 Å². The highest BCUT2D eigenvalue weighted by Crippen LogP contribution is 2.12. The molecule has 1 aromatic carbocycles. The van der Waals surface area contributed by atoms with E-state index in [0.717, 1.165) is 19.6 Å². The molecule has 0 radical (unpaired) electrons. The molecule has 118 valence electrons. The molecular weight excluding hydrogens is 260 g/mol. The number of nitrogens with zero attached hydrogens (tertiary/aromatic N) is 3. The molecular formula is C17H30N4. The molecule has 4 nitrogen and oxygen atoms in total. The summed E-state index contributed by atoms with van der Waals surface area (Å²) >= 11 is 0. The molecule has 2 rings (SSSR count). The maximum Gasteiger partial charge on any atom is 0.0370 e. The second-order valence-corrected chi connectivity index (χ2v) is 6.23. The van der Waals surface area contributed by atoms with Crippen LogP contribution in [-0.2, 0) is 0 Å². The fourth-order valence-electron chi connectivity index (χ4n) is 2.70. The molecule has 1 heterocycles. The fraction of sp³-hybridized carbons (Fsp3) is 0.647. The molecule has 1 fully saturated rings.